The summed E-state index contributed by atoms with van der Waals surface area (Å²) in [4.78, 5) is 0. The van der Waals surface area contributed by atoms with Gasteiger partial charge in [-0.15, -0.1) is 0 Å². The van der Waals surface area contributed by atoms with Gasteiger partial charge in [0.15, 0.2) is 0 Å². The molecule has 1 aliphatic heterocycles. The van der Waals surface area contributed by atoms with Gasteiger partial charge in [-0.2, -0.15) is 0 Å². The maximum Gasteiger partial charge on any atom is 0.317 e. The van der Waals surface area contributed by atoms with Crippen LogP contribution in [0.1, 0.15) is 6.42 Å². The fourth-order valence-corrected chi connectivity index (χ4v) is 0.983. The van der Waals surface area contributed by atoms with Crippen molar-refractivity contribution >= 4 is 6.92 Å². The summed E-state index contributed by atoms with van der Waals surface area (Å²) < 4.78 is 0. The molecule has 0 aromatic rings. The van der Waals surface area contributed by atoms with E-state index in [0.29, 0.717) is 0 Å². The highest BCUT2D eigenvalue weighted by atomic mass is 16.2. The molecule has 0 atom stereocenters. The van der Waals surface area contributed by atoms with Crippen LogP contribution in [0.15, 0.2) is 11.5 Å². The van der Waals surface area contributed by atoms with E-state index < -0.39 is 0 Å². The largest absolute Gasteiger partial charge is 0.447 e. The molecule has 0 radical (unpaired) electrons. The molecule has 3 heteroatoms. The van der Waals surface area contributed by atoms with Crippen LogP contribution in [-0.4, -0.2) is 25.0 Å². The highest BCUT2D eigenvalue weighted by Gasteiger charge is 2.11. The number of hydrogen-bond donors (Lipinski definition) is 2. The Morgan fingerprint density at radius 1 is 1.78 bits per heavy atom. The van der Waals surface area contributed by atoms with Gasteiger partial charge in [0, 0.05) is 6.54 Å². The van der Waals surface area contributed by atoms with Gasteiger partial charge in [-0.25, -0.2) is 0 Å². The molecule has 0 aliphatic carbocycles. The molecule has 9 heavy (non-hydrogen) atoms. The third kappa shape index (κ3) is 1.84. The van der Waals surface area contributed by atoms with E-state index in [0.717, 1.165) is 25.0 Å². The number of nitrogens with one attached hydrogen (secondary N) is 1. The molecule has 2 nitrogen and oxygen atoms in total. The molecular weight excluding hydrogens is 113 g/mol. The van der Waals surface area contributed by atoms with Gasteiger partial charge in [0.1, 0.15) is 0 Å². The average Bonchev–Trinajstić information content (AvgIpc) is 1.90. The van der Waals surface area contributed by atoms with Crippen molar-refractivity contribution in [1.29, 1.82) is 0 Å². The van der Waals surface area contributed by atoms with Crippen molar-refractivity contribution in [2.45, 2.75) is 13.2 Å². The third-order valence-corrected chi connectivity index (χ3v) is 1.59. The topological polar surface area (TPSA) is 32.3 Å². The quantitative estimate of drug-likeness (QED) is 0.485. The second-order valence-corrected chi connectivity index (χ2v) is 2.42. The van der Waals surface area contributed by atoms with Crippen LogP contribution < -0.4 is 5.32 Å². The molecule has 2 N–H and O–H groups in total. The van der Waals surface area contributed by atoms with E-state index in [2.05, 4.69) is 11.4 Å². The molecule has 50 valence electrons. The standard InChI is InChI=1S/C6H12BNO/c1-7(9)6-3-2-4-8-5-6/h3,8-9H,2,4-5H2,1H3. The summed E-state index contributed by atoms with van der Waals surface area (Å²) >= 11 is 0. The van der Waals surface area contributed by atoms with Gasteiger partial charge < -0.3 is 10.3 Å². The molecule has 1 rings (SSSR count). The molecule has 0 bridgehead atoms. The Kier molecular flexibility index (Phi) is 2.31. The Balaban J connectivity index is 2.46. The summed E-state index contributed by atoms with van der Waals surface area (Å²) in [7, 11) is 0. The molecule has 0 spiro atoms. The molecule has 0 fully saturated rings. The SMILES string of the molecule is CB(O)C1=CCCNC1. The molecule has 1 aliphatic rings. The average molecular weight is 125 g/mol. The maximum absolute atomic E-state index is 9.07. The van der Waals surface area contributed by atoms with E-state index in [-0.39, 0.29) is 6.92 Å². The molecule has 1 heterocycles. The second kappa shape index (κ2) is 3.04. The maximum atomic E-state index is 9.07. The molecule has 0 aromatic heterocycles. The normalized spacial score (nSPS) is 19.1. The molecule has 0 unspecified atom stereocenters. The van der Waals surface area contributed by atoms with Crippen LogP contribution in [0.2, 0.25) is 6.82 Å². The van der Waals surface area contributed by atoms with Crippen LogP contribution in [0, 0.1) is 0 Å². The zero-order valence-electron chi connectivity index (χ0n) is 5.72. The first-order chi connectivity index (χ1) is 4.30. The lowest BCUT2D eigenvalue weighted by Gasteiger charge is -2.13. The van der Waals surface area contributed by atoms with Crippen molar-refractivity contribution in [2.75, 3.05) is 13.1 Å². The summed E-state index contributed by atoms with van der Waals surface area (Å²) in [6.45, 7) is 3.45. The van der Waals surface area contributed by atoms with Gasteiger partial charge in [-0.05, 0) is 13.0 Å². The first-order valence-electron chi connectivity index (χ1n) is 3.38. The molecule has 0 saturated heterocycles. The number of rotatable bonds is 1. The van der Waals surface area contributed by atoms with Crippen LogP contribution in [0.25, 0.3) is 0 Å². The summed E-state index contributed by atoms with van der Waals surface area (Å²) in [5, 5.41) is 12.3. The summed E-state index contributed by atoms with van der Waals surface area (Å²) in [5.74, 6) is 0. The fourth-order valence-electron chi connectivity index (χ4n) is 0.983. The van der Waals surface area contributed by atoms with E-state index in [4.69, 9.17) is 5.02 Å². The Morgan fingerprint density at radius 3 is 2.89 bits per heavy atom. The summed E-state index contributed by atoms with van der Waals surface area (Å²) in [5.41, 5.74) is 1.13. The van der Waals surface area contributed by atoms with Crippen molar-refractivity contribution in [1.82, 2.24) is 5.32 Å². The van der Waals surface area contributed by atoms with E-state index in [1.165, 1.54) is 0 Å². The predicted molar refractivity (Wildman–Crippen MR) is 39.4 cm³/mol. The van der Waals surface area contributed by atoms with E-state index >= 15 is 0 Å². The van der Waals surface area contributed by atoms with Crippen LogP contribution in [-0.2, 0) is 0 Å². The van der Waals surface area contributed by atoms with Gasteiger partial charge in [-0.1, -0.05) is 18.4 Å². The van der Waals surface area contributed by atoms with Gasteiger partial charge >= 0.3 is 6.92 Å². The lowest BCUT2D eigenvalue weighted by atomic mass is 9.62. The van der Waals surface area contributed by atoms with Crippen molar-refractivity contribution in [3.8, 4) is 0 Å². The van der Waals surface area contributed by atoms with Gasteiger partial charge in [-0.3, -0.25) is 0 Å². The van der Waals surface area contributed by atoms with Crippen molar-refractivity contribution in [2.24, 2.45) is 0 Å². The summed E-state index contributed by atoms with van der Waals surface area (Å²) in [6, 6.07) is 0. The first kappa shape index (κ1) is 6.84. The Labute approximate surface area is 56.1 Å². The highest BCUT2D eigenvalue weighted by molar-refractivity contribution is 6.57. The van der Waals surface area contributed by atoms with Crippen molar-refractivity contribution < 1.29 is 5.02 Å². The van der Waals surface area contributed by atoms with Gasteiger partial charge in [0.2, 0.25) is 0 Å². The van der Waals surface area contributed by atoms with Crippen LogP contribution in [0.4, 0.5) is 0 Å². The predicted octanol–water partition coefficient (Wildman–Crippen LogP) is 0.0589. The minimum atomic E-state index is -0.266. The Hall–Kier alpha value is -0.275. The zero-order valence-corrected chi connectivity index (χ0v) is 5.72. The van der Waals surface area contributed by atoms with Gasteiger partial charge in [0.25, 0.3) is 0 Å². The lowest BCUT2D eigenvalue weighted by Crippen LogP contribution is -2.28. The minimum absolute atomic E-state index is 0.266. The second-order valence-electron chi connectivity index (χ2n) is 2.42. The Bertz CT molecular complexity index is 122. The minimum Gasteiger partial charge on any atom is -0.447 e. The van der Waals surface area contributed by atoms with Gasteiger partial charge in [0.05, 0.1) is 0 Å². The first-order valence-corrected chi connectivity index (χ1v) is 3.38. The Morgan fingerprint density at radius 2 is 2.56 bits per heavy atom. The van der Waals surface area contributed by atoms with E-state index in [1.54, 1.807) is 6.82 Å². The fraction of sp³-hybridized carbons (Fsp3) is 0.667. The van der Waals surface area contributed by atoms with Crippen molar-refractivity contribution in [3.05, 3.63) is 11.5 Å². The number of hydrogen-bond acceptors (Lipinski definition) is 2. The molecule has 0 amide bonds. The highest BCUT2D eigenvalue weighted by Crippen LogP contribution is 2.02. The summed E-state index contributed by atoms with van der Waals surface area (Å²) in [6.07, 6.45) is 3.17. The van der Waals surface area contributed by atoms with Crippen LogP contribution >= 0.6 is 0 Å². The molecule has 0 aromatic carbocycles. The molecule has 0 saturated carbocycles. The smallest absolute Gasteiger partial charge is 0.317 e. The van der Waals surface area contributed by atoms with Crippen LogP contribution in [0.5, 0.6) is 0 Å². The van der Waals surface area contributed by atoms with E-state index in [1.807, 2.05) is 0 Å². The molecular formula is C6H12BNO. The van der Waals surface area contributed by atoms with Crippen LogP contribution in [0.3, 0.4) is 0 Å². The monoisotopic (exact) mass is 125 g/mol. The lowest BCUT2D eigenvalue weighted by molar-refractivity contribution is 0.579. The van der Waals surface area contributed by atoms with Crippen molar-refractivity contribution in [3.63, 3.8) is 0 Å². The third-order valence-electron chi connectivity index (χ3n) is 1.59. The zero-order chi connectivity index (χ0) is 6.69. The van der Waals surface area contributed by atoms with E-state index in [9.17, 15) is 0 Å².